The van der Waals surface area contributed by atoms with Crippen LogP contribution in [0.1, 0.15) is 38.5 Å². The second-order valence-electron chi connectivity index (χ2n) is 4.00. The lowest BCUT2D eigenvalue weighted by atomic mass is 9.92. The average molecular weight is 196 g/mol. The number of nitrogens with one attached hydrogen (secondary N) is 1. The van der Waals surface area contributed by atoms with Gasteiger partial charge in [-0.2, -0.15) is 0 Å². The van der Waals surface area contributed by atoms with Gasteiger partial charge in [-0.25, -0.2) is 0 Å². The summed E-state index contributed by atoms with van der Waals surface area (Å²) < 4.78 is 0. The van der Waals surface area contributed by atoms with Gasteiger partial charge in [0.1, 0.15) is 0 Å². The van der Waals surface area contributed by atoms with E-state index in [-0.39, 0.29) is 0 Å². The number of rotatable bonds is 6. The molecule has 1 aliphatic rings. The summed E-state index contributed by atoms with van der Waals surface area (Å²) in [5.41, 5.74) is 8.08. The van der Waals surface area contributed by atoms with Crippen molar-refractivity contribution in [3.05, 3.63) is 10.4 Å². The van der Waals surface area contributed by atoms with Crippen LogP contribution in [0.2, 0.25) is 0 Å². The van der Waals surface area contributed by atoms with Gasteiger partial charge < -0.3 is 5.32 Å². The topological polar surface area (TPSA) is 60.8 Å². The van der Waals surface area contributed by atoms with Crippen LogP contribution in [0.4, 0.5) is 0 Å². The van der Waals surface area contributed by atoms with Crippen LogP contribution < -0.4 is 5.32 Å². The monoisotopic (exact) mass is 196 g/mol. The van der Waals surface area contributed by atoms with E-state index >= 15 is 0 Å². The Morgan fingerprint density at radius 3 is 2.71 bits per heavy atom. The molecule has 0 atom stereocenters. The predicted octanol–water partition coefficient (Wildman–Crippen LogP) is 2.86. The van der Waals surface area contributed by atoms with Crippen LogP contribution in [-0.4, -0.2) is 19.6 Å². The van der Waals surface area contributed by atoms with E-state index in [9.17, 15) is 0 Å². The minimum atomic E-state index is 0.669. The molecule has 1 saturated heterocycles. The highest BCUT2D eigenvalue weighted by Gasteiger charge is 2.11. The van der Waals surface area contributed by atoms with E-state index in [1.165, 1.54) is 45.2 Å². The summed E-state index contributed by atoms with van der Waals surface area (Å²) in [6, 6.07) is 0. The molecular formula is C10H20N4. The fourth-order valence-corrected chi connectivity index (χ4v) is 2.01. The lowest BCUT2D eigenvalue weighted by molar-refractivity contribution is 0.343. The zero-order valence-corrected chi connectivity index (χ0v) is 8.78. The van der Waals surface area contributed by atoms with Crippen molar-refractivity contribution >= 4 is 0 Å². The first-order chi connectivity index (χ1) is 6.93. The summed E-state index contributed by atoms with van der Waals surface area (Å²) in [5, 5.41) is 6.90. The van der Waals surface area contributed by atoms with Gasteiger partial charge in [0.15, 0.2) is 0 Å². The molecule has 0 aliphatic carbocycles. The molecule has 1 aliphatic heterocycles. The van der Waals surface area contributed by atoms with Crippen molar-refractivity contribution < 1.29 is 0 Å². The SMILES string of the molecule is [N-]=[N+]=NCCCCCC1CCNCC1. The molecule has 4 heteroatoms. The maximum atomic E-state index is 8.08. The zero-order valence-electron chi connectivity index (χ0n) is 8.78. The Morgan fingerprint density at radius 1 is 1.21 bits per heavy atom. The predicted molar refractivity (Wildman–Crippen MR) is 58.1 cm³/mol. The van der Waals surface area contributed by atoms with E-state index in [0.717, 1.165) is 12.3 Å². The largest absolute Gasteiger partial charge is 0.317 e. The van der Waals surface area contributed by atoms with Crippen molar-refractivity contribution in [3.8, 4) is 0 Å². The fraction of sp³-hybridized carbons (Fsp3) is 1.00. The lowest BCUT2D eigenvalue weighted by Gasteiger charge is -2.22. The molecule has 1 heterocycles. The van der Waals surface area contributed by atoms with E-state index in [1.54, 1.807) is 0 Å². The lowest BCUT2D eigenvalue weighted by Crippen LogP contribution is -2.27. The van der Waals surface area contributed by atoms with Gasteiger partial charge in [-0.15, -0.1) is 0 Å². The number of azide groups is 1. The molecule has 0 spiro atoms. The third-order valence-corrected chi connectivity index (χ3v) is 2.89. The summed E-state index contributed by atoms with van der Waals surface area (Å²) in [7, 11) is 0. The molecule has 1 rings (SSSR count). The van der Waals surface area contributed by atoms with Crippen molar-refractivity contribution in [2.45, 2.75) is 38.5 Å². The first kappa shape index (κ1) is 11.3. The Labute approximate surface area is 85.7 Å². The van der Waals surface area contributed by atoms with E-state index in [0.29, 0.717) is 6.54 Å². The van der Waals surface area contributed by atoms with Crippen molar-refractivity contribution in [1.82, 2.24) is 5.32 Å². The molecule has 0 aromatic carbocycles. The molecule has 4 nitrogen and oxygen atoms in total. The zero-order chi connectivity index (χ0) is 10.1. The third kappa shape index (κ3) is 5.10. The molecule has 0 amide bonds. The van der Waals surface area contributed by atoms with Crippen LogP contribution in [0.15, 0.2) is 5.11 Å². The Kier molecular flexibility index (Phi) is 6.20. The number of unbranched alkanes of at least 4 members (excludes halogenated alkanes) is 2. The molecule has 0 aromatic heterocycles. The second kappa shape index (κ2) is 7.65. The smallest absolute Gasteiger partial charge is 0.0257 e. The standard InChI is InChI=1S/C10H20N4/c11-14-13-7-3-1-2-4-10-5-8-12-9-6-10/h10,12H,1-9H2. The molecule has 0 bridgehead atoms. The molecule has 0 radical (unpaired) electrons. The van der Waals surface area contributed by atoms with Crippen molar-refractivity contribution in [3.63, 3.8) is 0 Å². The van der Waals surface area contributed by atoms with Crippen LogP contribution in [0.3, 0.4) is 0 Å². The minimum absolute atomic E-state index is 0.669. The van der Waals surface area contributed by atoms with Crippen LogP contribution in [-0.2, 0) is 0 Å². The summed E-state index contributed by atoms with van der Waals surface area (Å²) in [5.74, 6) is 0.940. The summed E-state index contributed by atoms with van der Waals surface area (Å²) in [6.45, 7) is 3.06. The first-order valence-corrected chi connectivity index (χ1v) is 5.65. The summed E-state index contributed by atoms with van der Waals surface area (Å²) in [6.07, 6.45) is 7.61. The molecule has 0 saturated carbocycles. The molecular weight excluding hydrogens is 176 g/mol. The summed E-state index contributed by atoms with van der Waals surface area (Å²) >= 11 is 0. The van der Waals surface area contributed by atoms with Crippen LogP contribution >= 0.6 is 0 Å². The minimum Gasteiger partial charge on any atom is -0.317 e. The molecule has 80 valence electrons. The van der Waals surface area contributed by atoms with Crippen molar-refractivity contribution in [2.24, 2.45) is 11.0 Å². The van der Waals surface area contributed by atoms with E-state index in [2.05, 4.69) is 15.3 Å². The highest BCUT2D eigenvalue weighted by molar-refractivity contribution is 4.68. The van der Waals surface area contributed by atoms with Crippen LogP contribution in [0.5, 0.6) is 0 Å². The Balaban J connectivity index is 1.89. The van der Waals surface area contributed by atoms with E-state index in [1.807, 2.05) is 0 Å². The van der Waals surface area contributed by atoms with Gasteiger partial charge in [0.25, 0.3) is 0 Å². The van der Waals surface area contributed by atoms with E-state index in [4.69, 9.17) is 5.53 Å². The van der Waals surface area contributed by atoms with Gasteiger partial charge in [-0.1, -0.05) is 24.4 Å². The Hall–Kier alpha value is -0.730. The van der Waals surface area contributed by atoms with Gasteiger partial charge in [0, 0.05) is 11.5 Å². The van der Waals surface area contributed by atoms with Gasteiger partial charge in [-0.3, -0.25) is 0 Å². The van der Waals surface area contributed by atoms with Gasteiger partial charge in [0.2, 0.25) is 0 Å². The normalized spacial score (nSPS) is 17.7. The van der Waals surface area contributed by atoms with Crippen molar-refractivity contribution in [1.29, 1.82) is 0 Å². The van der Waals surface area contributed by atoms with Gasteiger partial charge >= 0.3 is 0 Å². The summed E-state index contributed by atoms with van der Waals surface area (Å²) in [4.78, 5) is 2.74. The molecule has 0 unspecified atom stereocenters. The Bertz CT molecular complexity index is 181. The molecule has 1 fully saturated rings. The molecule has 1 N–H and O–H groups in total. The molecule has 14 heavy (non-hydrogen) atoms. The molecule has 0 aromatic rings. The van der Waals surface area contributed by atoms with E-state index < -0.39 is 0 Å². The highest BCUT2D eigenvalue weighted by atomic mass is 15.1. The number of hydrogen-bond acceptors (Lipinski definition) is 2. The number of hydrogen-bond donors (Lipinski definition) is 1. The number of nitrogens with zero attached hydrogens (tertiary/aromatic N) is 3. The fourth-order valence-electron chi connectivity index (χ4n) is 2.01. The van der Waals surface area contributed by atoms with Crippen LogP contribution in [0.25, 0.3) is 10.4 Å². The van der Waals surface area contributed by atoms with Gasteiger partial charge in [-0.05, 0) is 43.8 Å². The first-order valence-electron chi connectivity index (χ1n) is 5.65. The highest BCUT2D eigenvalue weighted by Crippen LogP contribution is 2.18. The maximum absolute atomic E-state index is 8.08. The maximum Gasteiger partial charge on any atom is 0.0257 e. The van der Waals surface area contributed by atoms with Crippen molar-refractivity contribution in [2.75, 3.05) is 19.6 Å². The third-order valence-electron chi connectivity index (χ3n) is 2.89. The van der Waals surface area contributed by atoms with Crippen LogP contribution in [0, 0.1) is 5.92 Å². The van der Waals surface area contributed by atoms with Gasteiger partial charge in [0.05, 0.1) is 0 Å². The quantitative estimate of drug-likeness (QED) is 0.302. The Morgan fingerprint density at radius 2 is 2.00 bits per heavy atom. The number of piperidine rings is 1. The average Bonchev–Trinajstić information content (AvgIpc) is 2.25. The second-order valence-corrected chi connectivity index (χ2v) is 4.00.